The maximum Gasteiger partial charge on any atom is 0.442 e. The Morgan fingerprint density at radius 2 is 0.838 bits per heavy atom. The van der Waals surface area contributed by atoms with E-state index in [1.54, 1.807) is 77.9 Å². The molecule has 0 spiro atoms. The molecule has 3 aromatic carbocycles. The smallest absolute Gasteiger partial charge is 0.442 e. The fourth-order valence-corrected chi connectivity index (χ4v) is 14.9. The van der Waals surface area contributed by atoms with Gasteiger partial charge in [0.1, 0.15) is 52.4 Å². The molecule has 0 bridgehead atoms. The average molecular weight is 967 g/mol. The predicted molar refractivity (Wildman–Crippen MR) is 241 cm³/mol. The maximum atomic E-state index is 16.8. The molecule has 0 saturated carbocycles. The second-order valence-corrected chi connectivity index (χ2v) is 25.2. The van der Waals surface area contributed by atoms with Crippen molar-refractivity contribution in [3.8, 4) is 35.5 Å². The van der Waals surface area contributed by atoms with Crippen LogP contribution in [0.25, 0.3) is 0 Å². The van der Waals surface area contributed by atoms with Crippen molar-refractivity contribution >= 4 is 32.3 Å². The van der Waals surface area contributed by atoms with Gasteiger partial charge in [-0.1, -0.05) is 0 Å². The number of hydrogen-bond donors (Lipinski definition) is 1. The van der Waals surface area contributed by atoms with E-state index in [0.717, 1.165) is 0 Å². The molecule has 68 heavy (non-hydrogen) atoms. The van der Waals surface area contributed by atoms with E-state index in [1.807, 2.05) is 0 Å². The van der Waals surface area contributed by atoms with E-state index in [2.05, 4.69) is 18.2 Å². The molecule has 18 nitrogen and oxygen atoms in total. The van der Waals surface area contributed by atoms with Gasteiger partial charge in [0.15, 0.2) is 0 Å². The lowest BCUT2D eigenvalue weighted by Gasteiger charge is -2.51. The summed E-state index contributed by atoms with van der Waals surface area (Å²) < 4.78 is 72.1. The molecule has 0 aromatic heterocycles. The summed E-state index contributed by atoms with van der Waals surface area (Å²) in [6, 6.07) is 16.9. The summed E-state index contributed by atoms with van der Waals surface area (Å²) in [7, 11) is -11.8. The van der Waals surface area contributed by atoms with E-state index in [9.17, 15) is 35.1 Å². The summed E-state index contributed by atoms with van der Waals surface area (Å²) in [6.07, 6.45) is -2.83. The van der Waals surface area contributed by atoms with E-state index >= 15 is 9.13 Å². The number of nitriles is 3. The molecule has 3 aromatic rings. The molecule has 6 aliphatic rings. The van der Waals surface area contributed by atoms with Gasteiger partial charge in [0.05, 0.1) is 53.0 Å². The zero-order chi connectivity index (χ0) is 48.7. The standard InChI is InChI=1S/C48H52N6O12P2/c1-46(2)43(40(52-19-7-10-37(52)55)31-22-28(25-49)13-16-34(31)61-46)64-67(58,59)68(60,65-44-41(53-20-8-11-38(53)56)32-23-29(26-50)14-17-35(32)62-47(44,3)4)66-45-42(54-21-9-12-39(54)57)33-24-30(27-51)15-18-36(33)63-48(45,5)6/h13-18,22-24,40-45H,7-12,19-21H2,1-6H3,(H,58,59)/t40?,41-,42?,43?,44?,45?,68?/m1/s1. The Hall–Kier alpha value is -5.76. The van der Waals surface area contributed by atoms with Crippen LogP contribution in [0.2, 0.25) is 0 Å². The van der Waals surface area contributed by atoms with E-state index in [0.29, 0.717) is 53.2 Å². The van der Waals surface area contributed by atoms with Gasteiger partial charge in [-0.05, 0) is 115 Å². The number of rotatable bonds is 10. The number of ether oxygens (including phenoxy) is 3. The summed E-state index contributed by atoms with van der Waals surface area (Å²) in [5.41, 5.74) is -3.01. The molecule has 356 valence electrons. The molecule has 3 amide bonds. The quantitative estimate of drug-likeness (QED) is 0.192. The third-order valence-electron chi connectivity index (χ3n) is 13.8. The van der Waals surface area contributed by atoms with Crippen molar-refractivity contribution in [1.82, 2.24) is 14.7 Å². The Morgan fingerprint density at radius 3 is 1.10 bits per heavy atom. The van der Waals surface area contributed by atoms with Gasteiger partial charge in [-0.3, -0.25) is 28.0 Å². The first kappa shape index (κ1) is 47.3. The molecule has 6 aliphatic heterocycles. The Morgan fingerprint density at radius 1 is 0.544 bits per heavy atom. The topological polar surface area (TPSA) is 242 Å². The zero-order valence-corrected chi connectivity index (χ0v) is 40.3. The SMILES string of the molecule is CC1(C)Oc2ccc(C#N)cc2C(N2CCCC2=O)C1OP(=O)(O)P(=O)(OC1C(N2CCCC2=O)c2cc(C#N)ccc2OC1(C)C)OC1[C@H](N2CCCC2=O)c2cc(C#N)ccc2OC1(C)C. The zero-order valence-electron chi connectivity index (χ0n) is 38.5. The number of fused-ring (bicyclic) bond motifs is 3. The van der Waals surface area contributed by atoms with E-state index < -0.39 is 67.8 Å². The molecule has 1 N–H and O–H groups in total. The van der Waals surface area contributed by atoms with Gasteiger partial charge in [0.25, 0.3) is 0 Å². The summed E-state index contributed by atoms with van der Waals surface area (Å²) >= 11 is 0. The van der Waals surface area contributed by atoms with Gasteiger partial charge >= 0.3 is 14.6 Å². The number of carbonyl (C=O) groups excluding carboxylic acids is 3. The fraction of sp³-hybridized carbons (Fsp3) is 0.500. The van der Waals surface area contributed by atoms with Gasteiger partial charge in [-0.2, -0.15) is 15.8 Å². The molecule has 6 heterocycles. The Balaban J connectivity index is 1.24. The molecular formula is C48H52N6O12P2. The van der Waals surface area contributed by atoms with Crippen molar-refractivity contribution in [3.63, 3.8) is 0 Å². The second-order valence-electron chi connectivity index (χ2n) is 19.7. The number of likely N-dealkylation sites (tertiary alicyclic amines) is 3. The van der Waals surface area contributed by atoms with Crippen LogP contribution >= 0.6 is 14.6 Å². The molecule has 3 fully saturated rings. The molecule has 8 atom stereocenters. The van der Waals surface area contributed by atoms with Crippen molar-refractivity contribution in [2.75, 3.05) is 19.6 Å². The van der Waals surface area contributed by atoms with Crippen LogP contribution < -0.4 is 14.2 Å². The predicted octanol–water partition coefficient (Wildman–Crippen LogP) is 7.65. The molecule has 3 saturated heterocycles. The highest BCUT2D eigenvalue weighted by atomic mass is 32.1. The van der Waals surface area contributed by atoms with Crippen LogP contribution in [0.5, 0.6) is 17.2 Å². The maximum absolute atomic E-state index is 16.8. The Labute approximate surface area is 394 Å². The third kappa shape index (κ3) is 8.03. The summed E-state index contributed by atoms with van der Waals surface area (Å²) in [6.45, 7) is 10.3. The number of amides is 3. The van der Waals surface area contributed by atoms with Crippen LogP contribution in [0.1, 0.15) is 132 Å². The highest BCUT2D eigenvalue weighted by Gasteiger charge is 2.64. The third-order valence-corrected chi connectivity index (χ3v) is 18.6. The van der Waals surface area contributed by atoms with Crippen LogP contribution in [-0.4, -0.2) is 92.1 Å². The summed E-state index contributed by atoms with van der Waals surface area (Å²) in [4.78, 5) is 58.8. The van der Waals surface area contributed by atoms with Crippen LogP contribution in [0.4, 0.5) is 0 Å². The van der Waals surface area contributed by atoms with Crippen molar-refractivity contribution < 1.29 is 56.2 Å². The Bertz CT molecular complexity index is 2730. The first-order valence-corrected chi connectivity index (χ1v) is 26.5. The largest absolute Gasteiger partial charge is 0.485 e. The van der Waals surface area contributed by atoms with Crippen LogP contribution in [0.3, 0.4) is 0 Å². The Kier molecular flexibility index (Phi) is 11.8. The van der Waals surface area contributed by atoms with Crippen molar-refractivity contribution in [3.05, 3.63) is 88.0 Å². The minimum atomic E-state index is -5.98. The average Bonchev–Trinajstić information content (AvgIpc) is 4.04. The number of carbonyl (C=O) groups is 3. The van der Waals surface area contributed by atoms with Crippen molar-refractivity contribution in [2.45, 2.75) is 133 Å². The number of benzene rings is 3. The lowest BCUT2D eigenvalue weighted by atomic mass is 9.85. The van der Waals surface area contributed by atoms with Crippen LogP contribution in [0, 0.1) is 34.0 Å². The van der Waals surface area contributed by atoms with Crippen molar-refractivity contribution in [1.29, 1.82) is 15.8 Å². The van der Waals surface area contributed by atoms with Gasteiger partial charge in [0, 0.05) is 55.6 Å². The van der Waals surface area contributed by atoms with Gasteiger partial charge in [-0.15, -0.1) is 0 Å². The lowest BCUT2D eigenvalue weighted by Crippen LogP contribution is -2.56. The molecule has 7 unspecified atom stereocenters. The fourth-order valence-electron chi connectivity index (χ4n) is 10.6. The first-order valence-electron chi connectivity index (χ1n) is 22.7. The number of nitrogens with zero attached hydrogens (tertiary/aromatic N) is 6. The summed E-state index contributed by atoms with van der Waals surface area (Å²) in [5.74, 6) is 0.0254. The highest BCUT2D eigenvalue weighted by molar-refractivity contribution is 8.27. The monoisotopic (exact) mass is 966 g/mol. The van der Waals surface area contributed by atoms with Gasteiger partial charge < -0.3 is 33.8 Å². The van der Waals surface area contributed by atoms with E-state index in [-0.39, 0.29) is 73.3 Å². The summed E-state index contributed by atoms with van der Waals surface area (Å²) in [5, 5.41) is 30.0. The van der Waals surface area contributed by atoms with Gasteiger partial charge in [0.2, 0.25) is 17.7 Å². The van der Waals surface area contributed by atoms with E-state index in [1.165, 1.54) is 32.9 Å². The van der Waals surface area contributed by atoms with Crippen LogP contribution in [-0.2, 0) is 37.1 Å². The second kappa shape index (κ2) is 17.0. The molecule has 9 rings (SSSR count). The molecule has 20 heteroatoms. The molecule has 0 radical (unpaired) electrons. The lowest BCUT2D eigenvalue weighted by molar-refractivity contribution is -0.142. The van der Waals surface area contributed by atoms with E-state index in [4.69, 9.17) is 27.8 Å². The molecular weight excluding hydrogens is 915 g/mol. The van der Waals surface area contributed by atoms with Crippen molar-refractivity contribution in [2.24, 2.45) is 0 Å². The minimum Gasteiger partial charge on any atom is -0.485 e. The van der Waals surface area contributed by atoms with Crippen LogP contribution in [0.15, 0.2) is 54.6 Å². The number of hydrogen-bond acceptors (Lipinski definition) is 14. The highest BCUT2D eigenvalue weighted by Crippen LogP contribution is 2.84. The molecule has 0 aliphatic carbocycles. The minimum absolute atomic E-state index is 0.166. The first-order chi connectivity index (χ1) is 32.1. The normalized spacial score (nSPS) is 28.3. The van der Waals surface area contributed by atoms with Gasteiger partial charge in [-0.25, -0.2) is 9.13 Å².